The maximum absolute atomic E-state index is 13.5. The van der Waals surface area contributed by atoms with Gasteiger partial charge in [0.05, 0.1) is 0 Å². The summed E-state index contributed by atoms with van der Waals surface area (Å²) in [6.07, 6.45) is 7.82. The molecule has 2 rings (SSSR count). The van der Waals surface area contributed by atoms with E-state index in [1.807, 2.05) is 0 Å². The minimum Gasteiger partial charge on any atom is -0.478 e. The van der Waals surface area contributed by atoms with Crippen LogP contribution in [0.2, 0.25) is 0 Å². The minimum atomic E-state index is -0.917. The van der Waals surface area contributed by atoms with Crippen LogP contribution in [-0.4, -0.2) is 17.9 Å². The highest BCUT2D eigenvalue weighted by atomic mass is 19.1. The summed E-state index contributed by atoms with van der Waals surface area (Å²) in [6.45, 7) is 1.50. The van der Waals surface area contributed by atoms with Gasteiger partial charge >= 0.3 is 0 Å². The monoisotopic (exact) mass is 350 g/mol. The third kappa shape index (κ3) is 6.72. The Kier molecular flexibility index (Phi) is 7.70. The zero-order chi connectivity index (χ0) is 18.1. The van der Waals surface area contributed by atoms with E-state index >= 15 is 0 Å². The molecule has 0 radical (unpaired) electrons. The van der Waals surface area contributed by atoms with Gasteiger partial charge in [-0.1, -0.05) is 44.2 Å². The molecule has 1 aromatic carbocycles. The third-order valence-corrected chi connectivity index (χ3v) is 4.58. The van der Waals surface area contributed by atoms with Crippen LogP contribution in [0.25, 0.3) is 0 Å². The van der Waals surface area contributed by atoms with Gasteiger partial charge in [-0.2, -0.15) is 0 Å². The van der Waals surface area contributed by atoms with Gasteiger partial charge in [0.25, 0.3) is 5.91 Å². The molecular weight excluding hydrogens is 323 g/mol. The first kappa shape index (κ1) is 19.2. The van der Waals surface area contributed by atoms with Crippen molar-refractivity contribution in [3.63, 3.8) is 0 Å². The molecule has 6 heteroatoms. The standard InChI is InChI=1S/C19H27FN2O3/c1-14(25-17-12-6-5-11-16(17)20)19(24)22-21-18(23)13-7-10-15-8-3-2-4-9-15/h5-6,11-12,14-15H,2-4,7-10,13H2,1H3,(H,21,23)(H,22,24). The van der Waals surface area contributed by atoms with Crippen LogP contribution in [0, 0.1) is 11.7 Å². The second-order valence-corrected chi connectivity index (χ2v) is 6.62. The smallest absolute Gasteiger partial charge is 0.279 e. The number of hydrogen-bond donors (Lipinski definition) is 2. The average Bonchev–Trinajstić information content (AvgIpc) is 2.62. The van der Waals surface area contributed by atoms with Gasteiger partial charge in [0.1, 0.15) is 0 Å². The first-order valence-corrected chi connectivity index (χ1v) is 9.06. The molecule has 0 bridgehead atoms. The SMILES string of the molecule is CC(Oc1ccccc1F)C(=O)NNC(=O)CCCC1CCCCC1. The Labute approximate surface area is 148 Å². The summed E-state index contributed by atoms with van der Waals surface area (Å²) in [6, 6.07) is 5.87. The van der Waals surface area contributed by atoms with Crippen molar-refractivity contribution in [3.8, 4) is 5.75 Å². The highest BCUT2D eigenvalue weighted by Gasteiger charge is 2.17. The van der Waals surface area contributed by atoms with Gasteiger partial charge in [0.15, 0.2) is 17.7 Å². The number of ether oxygens (including phenoxy) is 1. The van der Waals surface area contributed by atoms with Crippen LogP contribution < -0.4 is 15.6 Å². The van der Waals surface area contributed by atoms with Crippen LogP contribution in [0.1, 0.15) is 58.3 Å². The van der Waals surface area contributed by atoms with Crippen molar-refractivity contribution >= 4 is 11.8 Å². The summed E-state index contributed by atoms with van der Waals surface area (Å²) >= 11 is 0. The van der Waals surface area contributed by atoms with Crippen LogP contribution in [0.15, 0.2) is 24.3 Å². The predicted octanol–water partition coefficient (Wildman–Crippen LogP) is 3.49. The van der Waals surface area contributed by atoms with Crippen molar-refractivity contribution in [1.82, 2.24) is 10.9 Å². The van der Waals surface area contributed by atoms with Crippen molar-refractivity contribution in [2.24, 2.45) is 5.92 Å². The van der Waals surface area contributed by atoms with E-state index in [0.29, 0.717) is 6.42 Å². The molecule has 1 atom stereocenters. The maximum atomic E-state index is 13.5. The van der Waals surface area contributed by atoms with Gasteiger partial charge in [0.2, 0.25) is 5.91 Å². The maximum Gasteiger partial charge on any atom is 0.279 e. The molecule has 138 valence electrons. The largest absolute Gasteiger partial charge is 0.478 e. The normalized spacial score (nSPS) is 16.1. The summed E-state index contributed by atoms with van der Waals surface area (Å²) in [5.74, 6) is -0.533. The molecule has 0 aromatic heterocycles. The summed E-state index contributed by atoms with van der Waals surface area (Å²) < 4.78 is 18.8. The number of carbonyl (C=O) groups excluding carboxylic acids is 2. The highest BCUT2D eigenvalue weighted by molar-refractivity contribution is 5.84. The van der Waals surface area contributed by atoms with Crippen LogP contribution in [0.4, 0.5) is 4.39 Å². The molecule has 1 aliphatic carbocycles. The number of hydrazine groups is 1. The fourth-order valence-electron chi connectivity index (χ4n) is 3.11. The summed E-state index contributed by atoms with van der Waals surface area (Å²) in [4.78, 5) is 23.7. The van der Waals surface area contributed by atoms with Crippen molar-refractivity contribution < 1.29 is 18.7 Å². The van der Waals surface area contributed by atoms with Gasteiger partial charge in [-0.15, -0.1) is 0 Å². The van der Waals surface area contributed by atoms with E-state index in [0.717, 1.165) is 18.8 Å². The van der Waals surface area contributed by atoms with E-state index < -0.39 is 17.8 Å². The first-order valence-electron chi connectivity index (χ1n) is 9.06. The zero-order valence-electron chi connectivity index (χ0n) is 14.7. The van der Waals surface area contributed by atoms with Crippen LogP contribution in [0.3, 0.4) is 0 Å². The summed E-state index contributed by atoms with van der Waals surface area (Å²) in [5, 5.41) is 0. The minimum absolute atomic E-state index is 0.00367. The van der Waals surface area contributed by atoms with E-state index in [1.165, 1.54) is 51.2 Å². The Morgan fingerprint density at radius 2 is 1.92 bits per heavy atom. The number of rotatable bonds is 7. The molecule has 5 nitrogen and oxygen atoms in total. The van der Waals surface area contributed by atoms with E-state index in [4.69, 9.17) is 4.74 Å². The molecule has 25 heavy (non-hydrogen) atoms. The Bertz CT molecular complexity index is 574. The fraction of sp³-hybridized carbons (Fsp3) is 0.579. The molecule has 0 aliphatic heterocycles. The number of hydrogen-bond acceptors (Lipinski definition) is 3. The molecule has 1 saturated carbocycles. The molecule has 1 unspecified atom stereocenters. The van der Waals surface area contributed by atoms with Crippen LogP contribution >= 0.6 is 0 Å². The lowest BCUT2D eigenvalue weighted by atomic mass is 9.86. The Morgan fingerprint density at radius 1 is 1.20 bits per heavy atom. The lowest BCUT2D eigenvalue weighted by Crippen LogP contribution is -2.47. The molecule has 0 heterocycles. The zero-order valence-corrected chi connectivity index (χ0v) is 14.7. The van der Waals surface area contributed by atoms with Gasteiger partial charge in [-0.3, -0.25) is 20.4 Å². The lowest BCUT2D eigenvalue weighted by Gasteiger charge is -2.21. The van der Waals surface area contributed by atoms with Gasteiger partial charge in [-0.25, -0.2) is 4.39 Å². The molecule has 0 spiro atoms. The number of para-hydroxylation sites is 1. The number of halogens is 1. The Hall–Kier alpha value is -2.11. The van der Waals surface area contributed by atoms with Gasteiger partial charge in [-0.05, 0) is 37.8 Å². The average molecular weight is 350 g/mol. The summed E-state index contributed by atoms with van der Waals surface area (Å²) in [5.41, 5.74) is 4.71. The molecule has 1 aromatic rings. The molecule has 0 saturated heterocycles. The second-order valence-electron chi connectivity index (χ2n) is 6.62. The Balaban J connectivity index is 1.63. The highest BCUT2D eigenvalue weighted by Crippen LogP contribution is 2.27. The van der Waals surface area contributed by atoms with Crippen molar-refractivity contribution in [3.05, 3.63) is 30.1 Å². The third-order valence-electron chi connectivity index (χ3n) is 4.58. The molecule has 1 fully saturated rings. The quantitative estimate of drug-likeness (QED) is 0.740. The van der Waals surface area contributed by atoms with Gasteiger partial charge in [0, 0.05) is 6.42 Å². The molecular formula is C19H27FN2O3. The van der Waals surface area contributed by atoms with E-state index in [1.54, 1.807) is 12.1 Å². The first-order chi connectivity index (χ1) is 12.1. The molecule has 2 amide bonds. The number of nitrogens with one attached hydrogen (secondary N) is 2. The van der Waals surface area contributed by atoms with Crippen LogP contribution in [-0.2, 0) is 9.59 Å². The van der Waals surface area contributed by atoms with Gasteiger partial charge < -0.3 is 4.74 Å². The number of carbonyl (C=O) groups is 2. The van der Waals surface area contributed by atoms with E-state index in [-0.39, 0.29) is 11.7 Å². The van der Waals surface area contributed by atoms with E-state index in [9.17, 15) is 14.0 Å². The number of benzene rings is 1. The van der Waals surface area contributed by atoms with Crippen molar-refractivity contribution in [2.75, 3.05) is 0 Å². The molecule has 2 N–H and O–H groups in total. The topological polar surface area (TPSA) is 67.4 Å². The van der Waals surface area contributed by atoms with Crippen LogP contribution in [0.5, 0.6) is 5.75 Å². The fourth-order valence-corrected chi connectivity index (χ4v) is 3.11. The van der Waals surface area contributed by atoms with E-state index in [2.05, 4.69) is 10.9 Å². The second kappa shape index (κ2) is 10.0. The lowest BCUT2D eigenvalue weighted by molar-refractivity contribution is -0.132. The van der Waals surface area contributed by atoms with Crippen molar-refractivity contribution in [1.29, 1.82) is 0 Å². The predicted molar refractivity (Wildman–Crippen MR) is 93.2 cm³/mol. The summed E-state index contributed by atoms with van der Waals surface area (Å²) in [7, 11) is 0. The number of amides is 2. The molecule has 1 aliphatic rings. The van der Waals surface area contributed by atoms with Crippen molar-refractivity contribution in [2.45, 2.75) is 64.4 Å². The Morgan fingerprint density at radius 3 is 2.64 bits per heavy atom.